The van der Waals surface area contributed by atoms with Crippen molar-refractivity contribution in [3.05, 3.63) is 54.4 Å². The van der Waals surface area contributed by atoms with Crippen molar-refractivity contribution in [1.29, 1.82) is 0 Å². The summed E-state index contributed by atoms with van der Waals surface area (Å²) in [7, 11) is -3.65. The lowest BCUT2D eigenvalue weighted by atomic mass is 10.1. The van der Waals surface area contributed by atoms with E-state index in [1.807, 2.05) is 13.0 Å². The molecule has 0 aromatic carbocycles. The smallest absolute Gasteiger partial charge is 0.237 e. The first-order chi connectivity index (χ1) is 12.4. The summed E-state index contributed by atoms with van der Waals surface area (Å²) in [6.45, 7) is 1.82. The summed E-state index contributed by atoms with van der Waals surface area (Å²) in [5.74, 6) is -0.452. The maximum absolute atomic E-state index is 14.3. The maximum atomic E-state index is 14.3. The molecule has 0 unspecified atom stereocenters. The number of pyridine rings is 3. The Kier molecular flexibility index (Phi) is 3.73. The molecule has 0 saturated carbocycles. The zero-order chi connectivity index (χ0) is 18.5. The highest BCUT2D eigenvalue weighted by molar-refractivity contribution is 7.89. The number of hydrogen-bond donors (Lipinski definition) is 0. The summed E-state index contributed by atoms with van der Waals surface area (Å²) in [6.07, 6.45) is 7.39. The first-order valence-corrected chi connectivity index (χ1v) is 9.85. The molecule has 132 valence electrons. The van der Waals surface area contributed by atoms with E-state index in [9.17, 15) is 12.8 Å². The molecule has 8 heteroatoms. The lowest BCUT2D eigenvalue weighted by Crippen LogP contribution is -2.10. The van der Waals surface area contributed by atoms with Crippen molar-refractivity contribution in [2.45, 2.75) is 13.3 Å². The minimum absolute atomic E-state index is 0.214. The number of aryl methyl sites for hydroxylation is 1. The van der Waals surface area contributed by atoms with Gasteiger partial charge in [0.05, 0.1) is 29.9 Å². The van der Waals surface area contributed by atoms with E-state index in [1.165, 1.54) is 6.20 Å². The van der Waals surface area contributed by atoms with Gasteiger partial charge in [0.15, 0.2) is 5.65 Å². The van der Waals surface area contributed by atoms with Crippen LogP contribution in [0.5, 0.6) is 0 Å². The molecule has 4 rings (SSSR count). The molecule has 4 aromatic rings. The Bertz CT molecular complexity index is 1250. The minimum atomic E-state index is -3.65. The van der Waals surface area contributed by atoms with Crippen LogP contribution in [0.15, 0.2) is 43.0 Å². The average Bonchev–Trinajstić information content (AvgIpc) is 2.96. The van der Waals surface area contributed by atoms with Crippen molar-refractivity contribution in [2.24, 2.45) is 0 Å². The molecule has 0 atom stereocenters. The molecule has 4 heterocycles. The van der Waals surface area contributed by atoms with Crippen LogP contribution in [0.2, 0.25) is 0 Å². The molecule has 0 aliphatic carbocycles. The Morgan fingerprint density at radius 1 is 1.19 bits per heavy atom. The predicted octanol–water partition coefficient (Wildman–Crippen LogP) is 3.16. The van der Waals surface area contributed by atoms with Gasteiger partial charge in [-0.3, -0.25) is 9.97 Å². The first-order valence-electron chi connectivity index (χ1n) is 8.00. The summed E-state index contributed by atoms with van der Waals surface area (Å²) in [4.78, 5) is 12.5. The molecule has 0 fully saturated rings. The van der Waals surface area contributed by atoms with Crippen LogP contribution >= 0.6 is 0 Å². The summed E-state index contributed by atoms with van der Waals surface area (Å²) in [5, 5.41) is 1.10. The fourth-order valence-electron chi connectivity index (χ4n) is 3.23. The molecular weight excluding hydrogens is 355 g/mol. The molecule has 0 amide bonds. The fraction of sp³-hybridized carbons (Fsp3) is 0.167. The molecule has 0 saturated heterocycles. The molecule has 4 aromatic heterocycles. The van der Waals surface area contributed by atoms with Crippen LogP contribution in [0.1, 0.15) is 12.5 Å². The molecule has 0 bridgehead atoms. The van der Waals surface area contributed by atoms with Crippen LogP contribution in [0.25, 0.3) is 33.2 Å². The summed E-state index contributed by atoms with van der Waals surface area (Å²) < 4.78 is 40.2. The summed E-state index contributed by atoms with van der Waals surface area (Å²) >= 11 is 0. The second kappa shape index (κ2) is 5.84. The molecule has 0 aliphatic heterocycles. The number of nitrogens with zero attached hydrogens (tertiary/aromatic N) is 4. The van der Waals surface area contributed by atoms with E-state index in [0.717, 1.165) is 22.0 Å². The van der Waals surface area contributed by atoms with Crippen LogP contribution in [0.4, 0.5) is 4.39 Å². The standard InChI is InChI=1S/C18H15FN4O2S/c1-3-12-14(19)9-22-18-17(12)13-7-15(11-5-4-6-20-8-11)21-10-16(13)23(18)26(2,24)25/h4-10H,3H2,1-2H3. The Hall–Kier alpha value is -2.87. The van der Waals surface area contributed by atoms with Gasteiger partial charge in [0, 0.05) is 34.3 Å². The number of aromatic nitrogens is 4. The van der Waals surface area contributed by atoms with Crippen LogP contribution < -0.4 is 0 Å². The van der Waals surface area contributed by atoms with Gasteiger partial charge >= 0.3 is 0 Å². The molecular formula is C18H15FN4O2S. The molecule has 0 aliphatic rings. The van der Waals surface area contributed by atoms with Gasteiger partial charge in [-0.1, -0.05) is 6.92 Å². The van der Waals surface area contributed by atoms with Gasteiger partial charge in [0.25, 0.3) is 0 Å². The Labute approximate surface area is 149 Å². The number of rotatable bonds is 3. The highest BCUT2D eigenvalue weighted by Gasteiger charge is 2.22. The van der Waals surface area contributed by atoms with E-state index < -0.39 is 15.8 Å². The van der Waals surface area contributed by atoms with Gasteiger partial charge in [-0.25, -0.2) is 21.8 Å². The van der Waals surface area contributed by atoms with E-state index in [4.69, 9.17) is 0 Å². The molecule has 0 radical (unpaired) electrons. The fourth-order valence-corrected chi connectivity index (χ4v) is 4.18. The van der Waals surface area contributed by atoms with Crippen LogP contribution in [0, 0.1) is 5.82 Å². The van der Waals surface area contributed by atoms with Crippen LogP contribution in [-0.2, 0) is 16.4 Å². The monoisotopic (exact) mass is 370 g/mol. The third-order valence-corrected chi connectivity index (χ3v) is 5.35. The van der Waals surface area contributed by atoms with E-state index >= 15 is 0 Å². The predicted molar refractivity (Wildman–Crippen MR) is 97.8 cm³/mol. The Balaban J connectivity index is 2.20. The largest absolute Gasteiger partial charge is 0.264 e. The van der Waals surface area contributed by atoms with Crippen LogP contribution in [-0.4, -0.2) is 33.6 Å². The number of hydrogen-bond acceptors (Lipinski definition) is 5. The van der Waals surface area contributed by atoms with E-state index in [0.29, 0.717) is 34.0 Å². The zero-order valence-corrected chi connectivity index (χ0v) is 15.0. The zero-order valence-electron chi connectivity index (χ0n) is 14.1. The molecule has 6 nitrogen and oxygen atoms in total. The highest BCUT2D eigenvalue weighted by atomic mass is 32.2. The number of halogens is 1. The van der Waals surface area contributed by atoms with Gasteiger partial charge in [-0.2, -0.15) is 0 Å². The Morgan fingerprint density at radius 3 is 2.65 bits per heavy atom. The van der Waals surface area contributed by atoms with Crippen LogP contribution in [0.3, 0.4) is 0 Å². The van der Waals surface area contributed by atoms with Gasteiger partial charge in [-0.15, -0.1) is 0 Å². The SMILES string of the molecule is CCc1c(F)cnc2c1c1cc(-c3cccnc3)ncc1n2S(C)(=O)=O. The molecule has 0 N–H and O–H groups in total. The van der Waals surface area contributed by atoms with E-state index in [1.54, 1.807) is 24.5 Å². The first kappa shape index (κ1) is 16.6. The normalized spacial score (nSPS) is 12.1. The van der Waals surface area contributed by atoms with Crippen molar-refractivity contribution in [2.75, 3.05) is 6.26 Å². The lowest BCUT2D eigenvalue weighted by molar-refractivity contribution is 0.595. The van der Waals surface area contributed by atoms with Gasteiger partial charge in [0.1, 0.15) is 5.82 Å². The highest BCUT2D eigenvalue weighted by Crippen LogP contribution is 2.34. The summed E-state index contributed by atoms with van der Waals surface area (Å²) in [6, 6.07) is 5.41. The minimum Gasteiger partial charge on any atom is -0.264 e. The van der Waals surface area contributed by atoms with Crippen molar-refractivity contribution in [3.8, 4) is 11.3 Å². The number of fused-ring (bicyclic) bond motifs is 3. The van der Waals surface area contributed by atoms with Gasteiger partial charge < -0.3 is 0 Å². The topological polar surface area (TPSA) is 77.7 Å². The van der Waals surface area contributed by atoms with Crippen molar-refractivity contribution >= 4 is 32.0 Å². The van der Waals surface area contributed by atoms with Crippen molar-refractivity contribution in [1.82, 2.24) is 18.9 Å². The van der Waals surface area contributed by atoms with Crippen molar-refractivity contribution in [3.63, 3.8) is 0 Å². The second-order valence-electron chi connectivity index (χ2n) is 5.99. The molecule has 0 spiro atoms. The summed E-state index contributed by atoms with van der Waals surface area (Å²) in [5.41, 5.74) is 2.45. The third kappa shape index (κ3) is 2.45. The molecule has 26 heavy (non-hydrogen) atoms. The average molecular weight is 370 g/mol. The van der Waals surface area contributed by atoms with E-state index in [2.05, 4.69) is 15.0 Å². The quantitative estimate of drug-likeness (QED) is 0.554. The van der Waals surface area contributed by atoms with Crippen molar-refractivity contribution < 1.29 is 12.8 Å². The van der Waals surface area contributed by atoms with Gasteiger partial charge in [0.2, 0.25) is 10.0 Å². The van der Waals surface area contributed by atoms with E-state index in [-0.39, 0.29) is 5.65 Å². The second-order valence-corrected chi connectivity index (χ2v) is 7.82. The van der Waals surface area contributed by atoms with Gasteiger partial charge in [-0.05, 0) is 24.6 Å². The Morgan fingerprint density at radius 2 is 2.00 bits per heavy atom. The lowest BCUT2D eigenvalue weighted by Gasteiger charge is -2.04. The third-order valence-electron chi connectivity index (χ3n) is 4.32. The maximum Gasteiger partial charge on any atom is 0.237 e.